The van der Waals surface area contributed by atoms with Gasteiger partial charge in [0, 0.05) is 38.3 Å². The van der Waals surface area contributed by atoms with Crippen LogP contribution in [0.15, 0.2) is 24.3 Å². The number of carbonyl (C=O) groups excluding carboxylic acids is 1. The van der Waals surface area contributed by atoms with Crippen molar-refractivity contribution < 1.29 is 14.3 Å². The Morgan fingerprint density at radius 2 is 2.08 bits per heavy atom. The zero-order chi connectivity index (χ0) is 17.4. The van der Waals surface area contributed by atoms with Crippen molar-refractivity contribution in [1.29, 1.82) is 0 Å². The summed E-state index contributed by atoms with van der Waals surface area (Å²) in [7, 11) is 1.66. The Balaban J connectivity index is 1.94. The van der Waals surface area contributed by atoms with Crippen molar-refractivity contribution in [1.82, 2.24) is 10.2 Å². The molecule has 0 radical (unpaired) electrons. The third kappa shape index (κ3) is 5.89. The van der Waals surface area contributed by atoms with E-state index in [0.717, 1.165) is 38.3 Å². The van der Waals surface area contributed by atoms with Gasteiger partial charge < -0.3 is 14.8 Å². The summed E-state index contributed by atoms with van der Waals surface area (Å²) < 4.78 is 10.6. The molecule has 1 aliphatic rings. The highest BCUT2D eigenvalue weighted by atomic mass is 16.5. The number of hydrogen-bond acceptors (Lipinski definition) is 4. The lowest BCUT2D eigenvalue weighted by Gasteiger charge is -2.35. The average molecular weight is 334 g/mol. The molecule has 1 aliphatic heterocycles. The van der Waals surface area contributed by atoms with Gasteiger partial charge in [-0.3, -0.25) is 9.69 Å². The van der Waals surface area contributed by atoms with Crippen molar-refractivity contribution in [2.24, 2.45) is 5.92 Å². The predicted molar refractivity (Wildman–Crippen MR) is 95.1 cm³/mol. The number of rotatable bonds is 8. The maximum atomic E-state index is 12.5. The van der Waals surface area contributed by atoms with Crippen LogP contribution >= 0.6 is 0 Å². The van der Waals surface area contributed by atoms with Crippen molar-refractivity contribution in [3.05, 3.63) is 35.4 Å². The van der Waals surface area contributed by atoms with Gasteiger partial charge in [-0.25, -0.2) is 0 Å². The normalized spacial score (nSPS) is 17.0. The highest BCUT2D eigenvalue weighted by Gasteiger charge is 2.22. The maximum absolute atomic E-state index is 12.5. The fraction of sp³-hybridized carbons (Fsp3) is 0.632. The van der Waals surface area contributed by atoms with Crippen molar-refractivity contribution >= 4 is 5.91 Å². The van der Waals surface area contributed by atoms with Crippen LogP contribution in [-0.4, -0.2) is 56.8 Å². The molecule has 0 spiro atoms. The van der Waals surface area contributed by atoms with E-state index >= 15 is 0 Å². The van der Waals surface area contributed by atoms with E-state index in [9.17, 15) is 4.79 Å². The molecule has 0 aliphatic carbocycles. The van der Waals surface area contributed by atoms with E-state index in [0.29, 0.717) is 30.7 Å². The molecule has 1 heterocycles. The Morgan fingerprint density at radius 1 is 1.33 bits per heavy atom. The third-order valence-electron chi connectivity index (χ3n) is 4.30. The molecule has 134 valence electrons. The second kappa shape index (κ2) is 9.77. The molecule has 2 rings (SSSR count). The molecule has 5 heteroatoms. The Labute approximate surface area is 145 Å². The summed E-state index contributed by atoms with van der Waals surface area (Å²) in [5.74, 6) is 0.578. The minimum atomic E-state index is -0.0185. The quantitative estimate of drug-likeness (QED) is 0.793. The maximum Gasteiger partial charge on any atom is 0.251 e. The number of carbonyl (C=O) groups is 1. The topological polar surface area (TPSA) is 50.8 Å². The SMILES string of the molecule is COCc1cccc(C(=O)NCC(CC(C)C)N2CCOCC2)c1. The van der Waals surface area contributed by atoms with Crippen LogP contribution < -0.4 is 5.32 Å². The van der Waals surface area contributed by atoms with E-state index in [1.807, 2.05) is 24.3 Å². The minimum Gasteiger partial charge on any atom is -0.380 e. The molecular weight excluding hydrogens is 304 g/mol. The summed E-state index contributed by atoms with van der Waals surface area (Å²) in [6.45, 7) is 9.08. The molecule has 1 fully saturated rings. The lowest BCUT2D eigenvalue weighted by molar-refractivity contribution is 0.0124. The first kappa shape index (κ1) is 18.9. The lowest BCUT2D eigenvalue weighted by Crippen LogP contribution is -2.49. The number of hydrogen-bond donors (Lipinski definition) is 1. The summed E-state index contributed by atoms with van der Waals surface area (Å²) in [5, 5.41) is 3.11. The van der Waals surface area contributed by atoms with E-state index < -0.39 is 0 Å². The number of nitrogens with one attached hydrogen (secondary N) is 1. The van der Waals surface area contributed by atoms with Gasteiger partial charge in [0.15, 0.2) is 0 Å². The molecule has 1 aromatic rings. The van der Waals surface area contributed by atoms with E-state index in [1.54, 1.807) is 7.11 Å². The molecule has 1 saturated heterocycles. The Hall–Kier alpha value is -1.43. The van der Waals surface area contributed by atoms with Gasteiger partial charge in [0.25, 0.3) is 5.91 Å². The molecule has 0 aromatic heterocycles. The number of amides is 1. The standard InChI is InChI=1S/C19H30N2O3/c1-15(2)11-18(21-7-9-24-10-8-21)13-20-19(22)17-6-4-5-16(12-17)14-23-3/h4-6,12,15,18H,7-11,13-14H2,1-3H3,(H,20,22). The molecule has 0 bridgehead atoms. The van der Waals surface area contributed by atoms with Gasteiger partial charge >= 0.3 is 0 Å². The third-order valence-corrected chi connectivity index (χ3v) is 4.30. The van der Waals surface area contributed by atoms with Crippen molar-refractivity contribution in [3.8, 4) is 0 Å². The molecule has 1 N–H and O–H groups in total. The van der Waals surface area contributed by atoms with Gasteiger partial charge in [0.2, 0.25) is 0 Å². The second-order valence-electron chi connectivity index (χ2n) is 6.78. The van der Waals surface area contributed by atoms with Crippen molar-refractivity contribution in [2.75, 3.05) is 40.0 Å². The molecular formula is C19H30N2O3. The van der Waals surface area contributed by atoms with Gasteiger partial charge in [-0.2, -0.15) is 0 Å². The first-order valence-corrected chi connectivity index (χ1v) is 8.78. The molecule has 5 nitrogen and oxygen atoms in total. The molecule has 1 amide bonds. The molecule has 0 saturated carbocycles. The average Bonchev–Trinajstić information content (AvgIpc) is 2.59. The summed E-state index contributed by atoms with van der Waals surface area (Å²) in [6, 6.07) is 7.97. The zero-order valence-corrected chi connectivity index (χ0v) is 15.1. The van der Waals surface area contributed by atoms with E-state index in [-0.39, 0.29) is 5.91 Å². The van der Waals surface area contributed by atoms with Crippen molar-refractivity contribution in [2.45, 2.75) is 32.9 Å². The Kier molecular flexibility index (Phi) is 7.69. The van der Waals surface area contributed by atoms with E-state index in [4.69, 9.17) is 9.47 Å². The van der Waals surface area contributed by atoms with Crippen LogP contribution in [0.25, 0.3) is 0 Å². The first-order chi connectivity index (χ1) is 11.6. The van der Waals surface area contributed by atoms with Gasteiger partial charge in [0.05, 0.1) is 19.8 Å². The number of nitrogens with zero attached hydrogens (tertiary/aromatic N) is 1. The monoisotopic (exact) mass is 334 g/mol. The number of methoxy groups -OCH3 is 1. The van der Waals surface area contributed by atoms with Gasteiger partial charge in [-0.15, -0.1) is 0 Å². The fourth-order valence-electron chi connectivity index (χ4n) is 3.13. The minimum absolute atomic E-state index is 0.0185. The fourth-order valence-corrected chi connectivity index (χ4v) is 3.13. The highest BCUT2D eigenvalue weighted by molar-refractivity contribution is 5.94. The van der Waals surface area contributed by atoms with Crippen LogP contribution in [0, 0.1) is 5.92 Å². The van der Waals surface area contributed by atoms with Crippen LogP contribution in [0.5, 0.6) is 0 Å². The van der Waals surface area contributed by atoms with Crippen LogP contribution in [0.2, 0.25) is 0 Å². The van der Waals surface area contributed by atoms with Crippen LogP contribution in [0.3, 0.4) is 0 Å². The number of benzene rings is 1. The van der Waals surface area contributed by atoms with Gasteiger partial charge in [-0.05, 0) is 30.0 Å². The van der Waals surface area contributed by atoms with Crippen LogP contribution in [0.1, 0.15) is 36.2 Å². The molecule has 1 aromatic carbocycles. The molecule has 24 heavy (non-hydrogen) atoms. The van der Waals surface area contributed by atoms with E-state index in [2.05, 4.69) is 24.1 Å². The number of ether oxygens (including phenoxy) is 2. The summed E-state index contributed by atoms with van der Waals surface area (Å²) in [6.07, 6.45) is 1.07. The summed E-state index contributed by atoms with van der Waals surface area (Å²) in [4.78, 5) is 14.9. The summed E-state index contributed by atoms with van der Waals surface area (Å²) >= 11 is 0. The van der Waals surface area contributed by atoms with Crippen molar-refractivity contribution in [3.63, 3.8) is 0 Å². The lowest BCUT2D eigenvalue weighted by atomic mass is 10.0. The largest absolute Gasteiger partial charge is 0.380 e. The van der Waals surface area contributed by atoms with Gasteiger partial charge in [0.1, 0.15) is 0 Å². The molecule has 1 unspecified atom stereocenters. The Bertz CT molecular complexity index is 513. The Morgan fingerprint density at radius 3 is 2.75 bits per heavy atom. The van der Waals surface area contributed by atoms with Crippen LogP contribution in [-0.2, 0) is 16.1 Å². The van der Waals surface area contributed by atoms with Crippen LogP contribution in [0.4, 0.5) is 0 Å². The number of morpholine rings is 1. The smallest absolute Gasteiger partial charge is 0.251 e. The summed E-state index contributed by atoms with van der Waals surface area (Å²) in [5.41, 5.74) is 1.70. The van der Waals surface area contributed by atoms with Gasteiger partial charge in [-0.1, -0.05) is 26.0 Å². The van der Waals surface area contributed by atoms with E-state index in [1.165, 1.54) is 0 Å². The zero-order valence-electron chi connectivity index (χ0n) is 15.1. The highest BCUT2D eigenvalue weighted by Crippen LogP contribution is 2.13. The second-order valence-corrected chi connectivity index (χ2v) is 6.78. The molecule has 1 atom stereocenters. The predicted octanol–water partition coefficient (Wildman–Crippen LogP) is 2.31. The first-order valence-electron chi connectivity index (χ1n) is 8.78.